The number of aromatic nitrogens is 1. The fraction of sp³-hybridized carbons (Fsp3) is 0.316. The van der Waals surface area contributed by atoms with Gasteiger partial charge in [-0.1, -0.05) is 12.1 Å². The number of piperidine rings is 1. The average Bonchev–Trinajstić information content (AvgIpc) is 2.67. The van der Waals surface area contributed by atoms with Crippen LogP contribution in [0.25, 0.3) is 11.1 Å². The van der Waals surface area contributed by atoms with Crippen LogP contribution in [-0.2, 0) is 4.79 Å². The quantitative estimate of drug-likeness (QED) is 0.933. The number of rotatable bonds is 3. The van der Waals surface area contributed by atoms with E-state index in [0.29, 0.717) is 29.7 Å². The van der Waals surface area contributed by atoms with Crippen molar-refractivity contribution in [2.24, 2.45) is 0 Å². The molecule has 0 radical (unpaired) electrons. The summed E-state index contributed by atoms with van der Waals surface area (Å²) in [5.41, 5.74) is 1.72. The summed E-state index contributed by atoms with van der Waals surface area (Å²) in [4.78, 5) is 30.7. The van der Waals surface area contributed by atoms with Gasteiger partial charge in [-0.15, -0.1) is 0 Å². The molecule has 1 unspecified atom stereocenters. The number of benzene rings is 1. The number of pyridine rings is 1. The number of carbonyl (C=O) groups excluding carboxylic acids is 2. The normalized spacial score (nSPS) is 17.2. The van der Waals surface area contributed by atoms with Crippen molar-refractivity contribution >= 4 is 11.8 Å². The zero-order valence-electron chi connectivity index (χ0n) is 14.0. The molecule has 2 aromatic rings. The van der Waals surface area contributed by atoms with Gasteiger partial charge in [0, 0.05) is 31.5 Å². The maximum atomic E-state index is 13.4. The zero-order valence-corrected chi connectivity index (χ0v) is 14.0. The summed E-state index contributed by atoms with van der Waals surface area (Å²) in [6.07, 6.45) is 5.53. The van der Waals surface area contributed by atoms with Crippen LogP contribution in [0.1, 0.15) is 29.6 Å². The van der Waals surface area contributed by atoms with Crippen molar-refractivity contribution in [2.45, 2.75) is 25.3 Å². The second-order valence-electron chi connectivity index (χ2n) is 6.10. The average molecular weight is 341 g/mol. The molecule has 0 aliphatic carbocycles. The number of hydrogen-bond acceptors (Lipinski definition) is 3. The Balaban J connectivity index is 1.89. The molecule has 2 heterocycles. The number of halogens is 1. The Morgan fingerprint density at radius 1 is 1.20 bits per heavy atom. The van der Waals surface area contributed by atoms with Gasteiger partial charge in [0.1, 0.15) is 11.9 Å². The Kier molecular flexibility index (Phi) is 5.07. The first kappa shape index (κ1) is 17.1. The molecule has 1 saturated heterocycles. The first-order valence-corrected chi connectivity index (χ1v) is 8.33. The first-order chi connectivity index (χ1) is 12.1. The van der Waals surface area contributed by atoms with E-state index < -0.39 is 6.04 Å². The van der Waals surface area contributed by atoms with Gasteiger partial charge >= 0.3 is 0 Å². The molecule has 1 atom stereocenters. The maximum absolute atomic E-state index is 13.4. The molecule has 2 amide bonds. The highest BCUT2D eigenvalue weighted by Gasteiger charge is 2.32. The number of nitrogens with one attached hydrogen (secondary N) is 1. The largest absolute Gasteiger partial charge is 0.357 e. The number of likely N-dealkylation sites (tertiary alicyclic amines) is 1. The lowest BCUT2D eigenvalue weighted by Gasteiger charge is -2.34. The third kappa shape index (κ3) is 3.68. The topological polar surface area (TPSA) is 62.3 Å². The summed E-state index contributed by atoms with van der Waals surface area (Å²) in [7, 11) is 1.58. The van der Waals surface area contributed by atoms with E-state index in [1.165, 1.54) is 18.3 Å². The summed E-state index contributed by atoms with van der Waals surface area (Å²) < 4.78 is 13.4. The lowest BCUT2D eigenvalue weighted by atomic mass is 9.99. The molecule has 6 heteroatoms. The van der Waals surface area contributed by atoms with Crippen LogP contribution in [0.5, 0.6) is 0 Å². The molecule has 1 aliphatic heterocycles. The Morgan fingerprint density at radius 2 is 2.04 bits per heavy atom. The van der Waals surface area contributed by atoms with Crippen molar-refractivity contribution in [3.8, 4) is 11.1 Å². The highest BCUT2D eigenvalue weighted by atomic mass is 19.1. The molecule has 0 bridgehead atoms. The summed E-state index contributed by atoms with van der Waals surface area (Å²) >= 11 is 0. The van der Waals surface area contributed by atoms with Crippen LogP contribution in [-0.4, -0.2) is 41.3 Å². The van der Waals surface area contributed by atoms with Gasteiger partial charge in [0.2, 0.25) is 5.91 Å². The minimum Gasteiger partial charge on any atom is -0.357 e. The fourth-order valence-electron chi connectivity index (χ4n) is 3.16. The van der Waals surface area contributed by atoms with Crippen molar-refractivity contribution in [1.29, 1.82) is 0 Å². The highest BCUT2D eigenvalue weighted by Crippen LogP contribution is 2.23. The van der Waals surface area contributed by atoms with E-state index in [9.17, 15) is 14.0 Å². The van der Waals surface area contributed by atoms with E-state index in [2.05, 4.69) is 10.3 Å². The fourth-order valence-corrected chi connectivity index (χ4v) is 3.16. The molecular weight excluding hydrogens is 321 g/mol. The summed E-state index contributed by atoms with van der Waals surface area (Å²) in [6, 6.07) is 7.39. The van der Waals surface area contributed by atoms with Crippen LogP contribution < -0.4 is 5.32 Å². The molecule has 1 fully saturated rings. The van der Waals surface area contributed by atoms with E-state index >= 15 is 0 Å². The smallest absolute Gasteiger partial charge is 0.256 e. The molecule has 1 aromatic carbocycles. The summed E-state index contributed by atoms with van der Waals surface area (Å²) in [5.74, 6) is -0.716. The monoisotopic (exact) mass is 341 g/mol. The summed E-state index contributed by atoms with van der Waals surface area (Å²) in [5, 5.41) is 2.62. The first-order valence-electron chi connectivity index (χ1n) is 8.33. The molecule has 1 N–H and O–H groups in total. The van der Waals surface area contributed by atoms with Crippen molar-refractivity contribution in [3.05, 3.63) is 54.1 Å². The van der Waals surface area contributed by atoms with Crippen molar-refractivity contribution in [3.63, 3.8) is 0 Å². The third-order valence-corrected chi connectivity index (χ3v) is 4.46. The Morgan fingerprint density at radius 3 is 2.80 bits per heavy atom. The molecular formula is C19H20FN3O2. The second-order valence-corrected chi connectivity index (χ2v) is 6.10. The van der Waals surface area contributed by atoms with Gasteiger partial charge < -0.3 is 10.2 Å². The standard InChI is InChI=1S/C19H20FN3O2/c1-21-18(24)17-7-2-3-8-23(17)19(25)15-9-14(11-22-12-15)13-5-4-6-16(20)10-13/h4-6,9-12,17H,2-3,7-8H2,1H3,(H,21,24). The molecule has 0 saturated carbocycles. The van der Waals surface area contributed by atoms with Crippen LogP contribution in [0, 0.1) is 5.82 Å². The summed E-state index contributed by atoms with van der Waals surface area (Å²) in [6.45, 7) is 0.543. The van der Waals surface area contributed by atoms with Crippen LogP contribution in [0.4, 0.5) is 4.39 Å². The molecule has 25 heavy (non-hydrogen) atoms. The molecule has 5 nitrogen and oxygen atoms in total. The lowest BCUT2D eigenvalue weighted by molar-refractivity contribution is -0.126. The van der Waals surface area contributed by atoms with Gasteiger partial charge in [-0.3, -0.25) is 14.6 Å². The Labute approximate surface area is 145 Å². The molecule has 1 aromatic heterocycles. The predicted octanol–water partition coefficient (Wildman–Crippen LogP) is 2.63. The van der Waals surface area contributed by atoms with Crippen molar-refractivity contribution in [1.82, 2.24) is 15.2 Å². The van der Waals surface area contributed by atoms with Gasteiger partial charge in [-0.25, -0.2) is 4.39 Å². The third-order valence-electron chi connectivity index (χ3n) is 4.46. The van der Waals surface area contributed by atoms with Crippen LogP contribution in [0.2, 0.25) is 0 Å². The SMILES string of the molecule is CNC(=O)C1CCCCN1C(=O)c1cncc(-c2cccc(F)c2)c1. The van der Waals surface area contributed by atoms with E-state index in [4.69, 9.17) is 0 Å². The van der Waals surface area contributed by atoms with E-state index in [-0.39, 0.29) is 17.6 Å². The maximum Gasteiger partial charge on any atom is 0.256 e. The number of likely N-dealkylation sites (N-methyl/N-ethyl adjacent to an activating group) is 1. The number of nitrogens with zero attached hydrogens (tertiary/aromatic N) is 2. The van der Waals surface area contributed by atoms with Crippen LogP contribution in [0.15, 0.2) is 42.7 Å². The lowest BCUT2D eigenvalue weighted by Crippen LogP contribution is -2.51. The van der Waals surface area contributed by atoms with Gasteiger partial charge in [0.25, 0.3) is 5.91 Å². The van der Waals surface area contributed by atoms with Gasteiger partial charge in [-0.2, -0.15) is 0 Å². The molecule has 1 aliphatic rings. The number of carbonyl (C=O) groups is 2. The number of amides is 2. The highest BCUT2D eigenvalue weighted by molar-refractivity contribution is 5.98. The minimum atomic E-state index is -0.455. The number of hydrogen-bond donors (Lipinski definition) is 1. The Bertz CT molecular complexity index is 794. The second kappa shape index (κ2) is 7.42. The molecule has 3 rings (SSSR count). The van der Waals surface area contributed by atoms with Crippen LogP contribution in [0.3, 0.4) is 0 Å². The zero-order chi connectivity index (χ0) is 17.8. The van der Waals surface area contributed by atoms with Gasteiger partial charge in [0.15, 0.2) is 0 Å². The molecule has 0 spiro atoms. The van der Waals surface area contributed by atoms with Crippen LogP contribution >= 0.6 is 0 Å². The van der Waals surface area contributed by atoms with E-state index in [1.807, 2.05) is 0 Å². The minimum absolute atomic E-state index is 0.151. The molecule has 130 valence electrons. The van der Waals surface area contributed by atoms with E-state index in [1.54, 1.807) is 36.3 Å². The van der Waals surface area contributed by atoms with Crippen molar-refractivity contribution in [2.75, 3.05) is 13.6 Å². The Hall–Kier alpha value is -2.76. The van der Waals surface area contributed by atoms with Gasteiger partial charge in [-0.05, 0) is 43.0 Å². The van der Waals surface area contributed by atoms with E-state index in [0.717, 1.165) is 12.8 Å². The predicted molar refractivity (Wildman–Crippen MR) is 92.4 cm³/mol. The van der Waals surface area contributed by atoms with Gasteiger partial charge in [0.05, 0.1) is 5.56 Å². The van der Waals surface area contributed by atoms with Crippen molar-refractivity contribution < 1.29 is 14.0 Å².